The zero-order valence-corrected chi connectivity index (χ0v) is 41.0. The summed E-state index contributed by atoms with van der Waals surface area (Å²) >= 11 is 0. The molecule has 1 unspecified atom stereocenters. The summed E-state index contributed by atoms with van der Waals surface area (Å²) in [6.07, 6.45) is 70.8. The van der Waals surface area contributed by atoms with Gasteiger partial charge in [-0.05, 0) is 103 Å². The molecule has 0 amide bonds. The minimum atomic E-state index is -0.803. The van der Waals surface area contributed by atoms with E-state index in [-0.39, 0.29) is 37.5 Å². The zero-order chi connectivity index (χ0) is 46.5. The summed E-state index contributed by atoms with van der Waals surface area (Å²) in [5.74, 6) is -0.993. The highest BCUT2D eigenvalue weighted by molar-refractivity contribution is 5.71. The molecule has 0 N–H and O–H groups in total. The van der Waals surface area contributed by atoms with Gasteiger partial charge in [0.15, 0.2) is 6.10 Å². The molecule has 0 saturated carbocycles. The van der Waals surface area contributed by atoms with Gasteiger partial charge in [0, 0.05) is 19.3 Å². The molecule has 360 valence electrons. The minimum absolute atomic E-state index is 0.102. The van der Waals surface area contributed by atoms with Gasteiger partial charge in [-0.1, -0.05) is 206 Å². The molecule has 0 aliphatic carbocycles. The predicted octanol–water partition coefficient (Wildman–Crippen LogP) is 16.9. The maximum Gasteiger partial charge on any atom is 0.306 e. The smallest absolute Gasteiger partial charge is 0.306 e. The summed E-state index contributed by atoms with van der Waals surface area (Å²) < 4.78 is 16.6. The number of carbonyl (C=O) groups is 3. The van der Waals surface area contributed by atoms with Crippen molar-refractivity contribution in [3.05, 3.63) is 122 Å². The van der Waals surface area contributed by atoms with Gasteiger partial charge in [-0.3, -0.25) is 14.4 Å². The average molecular weight is 885 g/mol. The number of ether oxygens (including phenoxy) is 3. The molecule has 6 heteroatoms. The van der Waals surface area contributed by atoms with E-state index in [9.17, 15) is 14.4 Å². The van der Waals surface area contributed by atoms with Crippen molar-refractivity contribution in [3.8, 4) is 0 Å². The van der Waals surface area contributed by atoms with Crippen LogP contribution in [-0.2, 0) is 28.6 Å². The lowest BCUT2D eigenvalue weighted by atomic mass is 10.1. The van der Waals surface area contributed by atoms with Gasteiger partial charge in [0.25, 0.3) is 0 Å². The van der Waals surface area contributed by atoms with Crippen molar-refractivity contribution in [2.75, 3.05) is 13.2 Å². The highest BCUT2D eigenvalue weighted by atomic mass is 16.6. The fourth-order valence-electron chi connectivity index (χ4n) is 6.38. The summed E-state index contributed by atoms with van der Waals surface area (Å²) in [7, 11) is 0. The first-order chi connectivity index (χ1) is 31.5. The van der Waals surface area contributed by atoms with Crippen LogP contribution in [0.4, 0.5) is 0 Å². The Kier molecular flexibility index (Phi) is 48.1. The first-order valence-electron chi connectivity index (χ1n) is 25.5. The number of rotatable bonds is 44. The fourth-order valence-corrected chi connectivity index (χ4v) is 6.38. The van der Waals surface area contributed by atoms with Crippen molar-refractivity contribution < 1.29 is 28.6 Å². The summed E-state index contributed by atoms with van der Waals surface area (Å²) in [5, 5.41) is 0. The van der Waals surface area contributed by atoms with E-state index in [2.05, 4.69) is 142 Å². The Hall–Kier alpha value is -4.19. The van der Waals surface area contributed by atoms with E-state index < -0.39 is 6.10 Å². The van der Waals surface area contributed by atoms with Crippen LogP contribution in [0.1, 0.15) is 207 Å². The second-order valence-corrected chi connectivity index (χ2v) is 16.3. The van der Waals surface area contributed by atoms with Gasteiger partial charge in [-0.25, -0.2) is 0 Å². The zero-order valence-electron chi connectivity index (χ0n) is 41.0. The van der Waals surface area contributed by atoms with E-state index in [0.29, 0.717) is 19.3 Å². The molecule has 64 heavy (non-hydrogen) atoms. The van der Waals surface area contributed by atoms with Crippen molar-refractivity contribution in [1.82, 2.24) is 0 Å². The van der Waals surface area contributed by atoms with E-state index in [1.54, 1.807) is 0 Å². The maximum atomic E-state index is 12.7. The molecule has 0 aromatic carbocycles. The van der Waals surface area contributed by atoms with E-state index >= 15 is 0 Å². The highest BCUT2D eigenvalue weighted by Gasteiger charge is 2.19. The SMILES string of the molecule is CC/C=C\C/C=C\C/C=C\C/C=C\C/C=C\C/C=C\C/C=C\C/C=C\C/C=C\CCCC(=O)OCC(COC(=O)CCCCCCCCC)OC(=O)CCCCCCC/C=C\CCC. The normalized spacial score (nSPS) is 13.1. The fraction of sp³-hybridized carbons (Fsp3) is 0.603. The van der Waals surface area contributed by atoms with E-state index in [0.717, 1.165) is 122 Å². The number of hydrogen-bond donors (Lipinski definition) is 0. The largest absolute Gasteiger partial charge is 0.462 e. The molecule has 1 atom stereocenters. The van der Waals surface area contributed by atoms with E-state index in [4.69, 9.17) is 14.2 Å². The number of carbonyl (C=O) groups excluding carboxylic acids is 3. The van der Waals surface area contributed by atoms with Crippen LogP contribution in [0, 0.1) is 0 Å². The Bertz CT molecular complexity index is 1390. The number of esters is 3. The average Bonchev–Trinajstić information content (AvgIpc) is 3.29. The number of allylic oxidation sites excluding steroid dienone is 20. The van der Waals surface area contributed by atoms with Gasteiger partial charge in [0.2, 0.25) is 0 Å². The third-order valence-corrected chi connectivity index (χ3v) is 10.2. The van der Waals surface area contributed by atoms with Crippen LogP contribution >= 0.6 is 0 Å². The van der Waals surface area contributed by atoms with E-state index in [1.165, 1.54) is 38.5 Å². The van der Waals surface area contributed by atoms with Gasteiger partial charge in [-0.2, -0.15) is 0 Å². The molecule has 6 nitrogen and oxygen atoms in total. The molecule has 0 rings (SSSR count). The topological polar surface area (TPSA) is 78.9 Å². The summed E-state index contributed by atoms with van der Waals surface area (Å²) in [5.41, 5.74) is 0. The molecule has 0 bridgehead atoms. The molecular formula is C58H92O6. The summed E-state index contributed by atoms with van der Waals surface area (Å²) in [6, 6.07) is 0. The van der Waals surface area contributed by atoms with Gasteiger partial charge in [0.05, 0.1) is 0 Å². The van der Waals surface area contributed by atoms with Gasteiger partial charge in [0.1, 0.15) is 13.2 Å². The predicted molar refractivity (Wildman–Crippen MR) is 274 cm³/mol. The second kappa shape index (κ2) is 51.4. The lowest BCUT2D eigenvalue weighted by Gasteiger charge is -2.18. The summed E-state index contributed by atoms with van der Waals surface area (Å²) in [4.78, 5) is 37.6. The van der Waals surface area contributed by atoms with Crippen molar-refractivity contribution in [2.45, 2.75) is 213 Å². The van der Waals surface area contributed by atoms with Gasteiger partial charge < -0.3 is 14.2 Å². The Balaban J connectivity index is 4.28. The third-order valence-electron chi connectivity index (χ3n) is 10.2. The molecule has 0 aromatic heterocycles. The Morgan fingerprint density at radius 2 is 0.656 bits per heavy atom. The molecule has 0 aliphatic heterocycles. The lowest BCUT2D eigenvalue weighted by Crippen LogP contribution is -2.30. The van der Waals surface area contributed by atoms with Crippen LogP contribution < -0.4 is 0 Å². The van der Waals surface area contributed by atoms with Crippen LogP contribution in [0.25, 0.3) is 0 Å². The van der Waals surface area contributed by atoms with E-state index in [1.807, 2.05) is 0 Å². The Labute approximate surface area is 392 Å². The monoisotopic (exact) mass is 885 g/mol. The van der Waals surface area contributed by atoms with Crippen LogP contribution in [-0.4, -0.2) is 37.2 Å². The van der Waals surface area contributed by atoms with Crippen LogP contribution in [0.3, 0.4) is 0 Å². The highest BCUT2D eigenvalue weighted by Crippen LogP contribution is 2.12. The first-order valence-corrected chi connectivity index (χ1v) is 25.5. The van der Waals surface area contributed by atoms with Crippen LogP contribution in [0.15, 0.2) is 122 Å². The van der Waals surface area contributed by atoms with Crippen LogP contribution in [0.5, 0.6) is 0 Å². The lowest BCUT2D eigenvalue weighted by molar-refractivity contribution is -0.167. The Morgan fingerprint density at radius 3 is 1.09 bits per heavy atom. The minimum Gasteiger partial charge on any atom is -0.462 e. The van der Waals surface area contributed by atoms with Gasteiger partial charge >= 0.3 is 17.9 Å². The van der Waals surface area contributed by atoms with Crippen LogP contribution in [0.2, 0.25) is 0 Å². The second-order valence-electron chi connectivity index (χ2n) is 16.3. The molecule has 0 fully saturated rings. The first kappa shape index (κ1) is 59.8. The maximum absolute atomic E-state index is 12.7. The Morgan fingerprint density at radius 1 is 0.328 bits per heavy atom. The van der Waals surface area contributed by atoms with Crippen molar-refractivity contribution in [2.24, 2.45) is 0 Å². The molecule has 0 aromatic rings. The molecule has 0 spiro atoms. The van der Waals surface area contributed by atoms with Gasteiger partial charge in [-0.15, -0.1) is 0 Å². The molecule has 0 saturated heterocycles. The molecular weight excluding hydrogens is 793 g/mol. The molecule has 0 radical (unpaired) electrons. The number of hydrogen-bond acceptors (Lipinski definition) is 6. The van der Waals surface area contributed by atoms with Crippen molar-refractivity contribution in [1.29, 1.82) is 0 Å². The third kappa shape index (κ3) is 48.8. The van der Waals surface area contributed by atoms with Crippen molar-refractivity contribution in [3.63, 3.8) is 0 Å². The summed E-state index contributed by atoms with van der Waals surface area (Å²) in [6.45, 7) is 6.33. The molecule has 0 aliphatic rings. The standard InChI is InChI=1S/C58H92O6/c1-4-7-10-13-16-18-20-21-22-23-24-25-26-27-28-29-30-31-32-33-34-35-36-37-38-40-42-45-48-51-57(60)63-54-55(53-62-56(59)50-47-44-41-15-12-9-6-3)64-58(61)52-49-46-43-39-19-17-14-11-8-5-2/h7,10-11,14,16,18,21-22,24-25,27-28,30-31,33-34,36-37,40,42,55H,4-6,8-9,12-13,15,17,19-20,23,26,29,32,35,38-39,41,43-54H2,1-3H3/b10-7-,14-11-,18-16-,22-21-,25-24-,28-27-,31-30-,34-33-,37-36-,42-40-. The molecule has 0 heterocycles. The van der Waals surface area contributed by atoms with Crippen molar-refractivity contribution >= 4 is 17.9 Å². The number of unbranched alkanes of at least 4 members (excludes halogenated alkanes) is 13. The quantitative estimate of drug-likeness (QED) is 0.0262.